The number of nitrogens with two attached hydrogens (primary N) is 1. The number of nitrogen functional groups attached to an aromatic ring is 1. The molecule has 0 aliphatic carbocycles. The van der Waals surface area contributed by atoms with Crippen molar-refractivity contribution in [3.05, 3.63) is 24.3 Å². The van der Waals surface area contributed by atoms with E-state index in [0.717, 1.165) is 24.3 Å². The summed E-state index contributed by atoms with van der Waals surface area (Å²) in [5, 5.41) is 0. The third-order valence-electron chi connectivity index (χ3n) is 2.30. The van der Waals surface area contributed by atoms with E-state index in [2.05, 4.69) is 11.7 Å². The van der Waals surface area contributed by atoms with Crippen LogP contribution in [0.3, 0.4) is 0 Å². The molecule has 0 aliphatic heterocycles. The fourth-order valence-electron chi connectivity index (χ4n) is 1.47. The zero-order valence-corrected chi connectivity index (χ0v) is 9.77. The molecule has 0 radical (unpaired) electrons. The number of carbonyl (C=O) groups is 1. The Balaban J connectivity index is 2.76. The molecule has 0 heterocycles. The van der Waals surface area contributed by atoms with E-state index in [1.807, 2.05) is 29.2 Å². The van der Waals surface area contributed by atoms with E-state index >= 15 is 0 Å². The first-order chi connectivity index (χ1) is 7.67. The van der Waals surface area contributed by atoms with Gasteiger partial charge in [0.25, 0.3) is 0 Å². The zero-order chi connectivity index (χ0) is 12.0. The molecule has 1 aromatic rings. The first-order valence-electron chi connectivity index (χ1n) is 5.34. The molecule has 0 saturated heterocycles. The van der Waals surface area contributed by atoms with Crippen LogP contribution in [0.15, 0.2) is 24.3 Å². The van der Waals surface area contributed by atoms with E-state index in [4.69, 9.17) is 5.73 Å². The van der Waals surface area contributed by atoms with Crippen molar-refractivity contribution in [2.45, 2.75) is 13.3 Å². The smallest absolute Gasteiger partial charge is 0.325 e. The lowest BCUT2D eigenvalue weighted by Crippen LogP contribution is -2.31. The third-order valence-corrected chi connectivity index (χ3v) is 2.30. The summed E-state index contributed by atoms with van der Waals surface area (Å²) in [4.78, 5) is 13.2. The van der Waals surface area contributed by atoms with Gasteiger partial charge in [0.1, 0.15) is 6.54 Å². The van der Waals surface area contributed by atoms with Crippen molar-refractivity contribution in [3.8, 4) is 0 Å². The lowest BCUT2D eigenvalue weighted by atomic mass is 10.2. The van der Waals surface area contributed by atoms with Gasteiger partial charge in [-0.05, 0) is 30.7 Å². The molecule has 0 amide bonds. The molecule has 0 aromatic heterocycles. The zero-order valence-electron chi connectivity index (χ0n) is 9.77. The van der Waals surface area contributed by atoms with Crippen LogP contribution < -0.4 is 10.6 Å². The van der Waals surface area contributed by atoms with Crippen molar-refractivity contribution in [2.75, 3.05) is 30.8 Å². The fraction of sp³-hybridized carbons (Fsp3) is 0.417. The summed E-state index contributed by atoms with van der Waals surface area (Å²) in [5.41, 5.74) is 7.33. The van der Waals surface area contributed by atoms with Crippen molar-refractivity contribution < 1.29 is 9.53 Å². The SMILES string of the molecule is CCCN(CC(=O)OC)c1ccc(N)cc1. The van der Waals surface area contributed by atoms with Gasteiger partial charge < -0.3 is 15.4 Å². The highest BCUT2D eigenvalue weighted by molar-refractivity contribution is 5.75. The number of benzene rings is 1. The average Bonchev–Trinajstić information content (AvgIpc) is 2.29. The molecule has 88 valence electrons. The standard InChI is InChI=1S/C12H18N2O2/c1-3-8-14(9-12(15)16-2)11-6-4-10(13)5-7-11/h4-7H,3,8-9,13H2,1-2H3. The van der Waals surface area contributed by atoms with Crippen molar-refractivity contribution in [3.63, 3.8) is 0 Å². The molecule has 2 N–H and O–H groups in total. The second kappa shape index (κ2) is 6.00. The molecule has 0 atom stereocenters. The summed E-state index contributed by atoms with van der Waals surface area (Å²) >= 11 is 0. The van der Waals surface area contributed by atoms with Gasteiger partial charge in [0.2, 0.25) is 0 Å². The van der Waals surface area contributed by atoms with Crippen molar-refractivity contribution in [2.24, 2.45) is 0 Å². The number of hydrogen-bond acceptors (Lipinski definition) is 4. The Morgan fingerprint density at radius 2 is 2.00 bits per heavy atom. The number of methoxy groups -OCH3 is 1. The average molecular weight is 222 g/mol. The molecule has 0 bridgehead atoms. The largest absolute Gasteiger partial charge is 0.468 e. The Morgan fingerprint density at radius 3 is 2.50 bits per heavy atom. The van der Waals surface area contributed by atoms with Crippen LogP contribution in [0.1, 0.15) is 13.3 Å². The van der Waals surface area contributed by atoms with Crippen LogP contribution in [-0.2, 0) is 9.53 Å². The third kappa shape index (κ3) is 3.46. The second-order valence-corrected chi connectivity index (χ2v) is 3.59. The van der Waals surface area contributed by atoms with Gasteiger partial charge in [0.05, 0.1) is 7.11 Å². The second-order valence-electron chi connectivity index (χ2n) is 3.59. The van der Waals surface area contributed by atoms with Gasteiger partial charge >= 0.3 is 5.97 Å². The van der Waals surface area contributed by atoms with Gasteiger partial charge in [0.15, 0.2) is 0 Å². The Bertz CT molecular complexity index is 335. The van der Waals surface area contributed by atoms with Crippen molar-refractivity contribution >= 4 is 17.3 Å². The van der Waals surface area contributed by atoms with Crippen LogP contribution in [0, 0.1) is 0 Å². The number of nitrogens with zero attached hydrogens (tertiary/aromatic N) is 1. The number of esters is 1. The summed E-state index contributed by atoms with van der Waals surface area (Å²) in [6, 6.07) is 7.48. The maximum atomic E-state index is 11.2. The Hall–Kier alpha value is -1.71. The van der Waals surface area contributed by atoms with Crippen LogP contribution in [0.2, 0.25) is 0 Å². The normalized spacial score (nSPS) is 9.88. The predicted molar refractivity (Wildman–Crippen MR) is 65.4 cm³/mol. The molecule has 0 fully saturated rings. The topological polar surface area (TPSA) is 55.6 Å². The van der Waals surface area contributed by atoms with Crippen LogP contribution in [0.25, 0.3) is 0 Å². The maximum Gasteiger partial charge on any atom is 0.325 e. The molecule has 16 heavy (non-hydrogen) atoms. The van der Waals surface area contributed by atoms with E-state index < -0.39 is 0 Å². The highest BCUT2D eigenvalue weighted by atomic mass is 16.5. The Kier molecular flexibility index (Phi) is 4.64. The molecular formula is C12H18N2O2. The molecule has 4 nitrogen and oxygen atoms in total. The summed E-state index contributed by atoms with van der Waals surface area (Å²) < 4.78 is 4.67. The van der Waals surface area contributed by atoms with E-state index in [9.17, 15) is 4.79 Å². The quantitative estimate of drug-likeness (QED) is 0.608. The van der Waals surface area contributed by atoms with E-state index in [0.29, 0.717) is 0 Å². The molecule has 0 unspecified atom stereocenters. The maximum absolute atomic E-state index is 11.2. The van der Waals surface area contributed by atoms with Crippen LogP contribution in [0.5, 0.6) is 0 Å². The van der Waals surface area contributed by atoms with Gasteiger partial charge in [0, 0.05) is 17.9 Å². The van der Waals surface area contributed by atoms with E-state index in [-0.39, 0.29) is 12.5 Å². The first-order valence-corrected chi connectivity index (χ1v) is 5.34. The highest BCUT2D eigenvalue weighted by Gasteiger charge is 2.10. The van der Waals surface area contributed by atoms with Crippen molar-refractivity contribution in [1.82, 2.24) is 0 Å². The van der Waals surface area contributed by atoms with Gasteiger partial charge in [-0.2, -0.15) is 0 Å². The molecule has 1 aromatic carbocycles. The number of hydrogen-bond donors (Lipinski definition) is 1. The minimum Gasteiger partial charge on any atom is -0.468 e. The van der Waals surface area contributed by atoms with Gasteiger partial charge in [-0.15, -0.1) is 0 Å². The fourth-order valence-corrected chi connectivity index (χ4v) is 1.47. The van der Waals surface area contributed by atoms with Crippen LogP contribution in [-0.4, -0.2) is 26.2 Å². The van der Waals surface area contributed by atoms with Crippen LogP contribution >= 0.6 is 0 Å². The molecular weight excluding hydrogens is 204 g/mol. The summed E-state index contributed by atoms with van der Waals surface area (Å²) in [7, 11) is 1.40. The van der Waals surface area contributed by atoms with Crippen molar-refractivity contribution in [1.29, 1.82) is 0 Å². The van der Waals surface area contributed by atoms with Gasteiger partial charge in [-0.25, -0.2) is 0 Å². The van der Waals surface area contributed by atoms with E-state index in [1.165, 1.54) is 7.11 Å². The van der Waals surface area contributed by atoms with Gasteiger partial charge in [-0.1, -0.05) is 6.92 Å². The number of rotatable bonds is 5. The molecule has 4 heteroatoms. The molecule has 0 aliphatic rings. The Labute approximate surface area is 96.0 Å². The minimum absolute atomic E-state index is 0.231. The highest BCUT2D eigenvalue weighted by Crippen LogP contribution is 2.16. The summed E-state index contributed by atoms with van der Waals surface area (Å²) in [6.07, 6.45) is 0.974. The lowest BCUT2D eigenvalue weighted by Gasteiger charge is -2.22. The molecule has 0 spiro atoms. The summed E-state index contributed by atoms with van der Waals surface area (Å²) in [6.45, 7) is 3.16. The van der Waals surface area contributed by atoms with Gasteiger partial charge in [-0.3, -0.25) is 4.79 Å². The van der Waals surface area contributed by atoms with E-state index in [1.54, 1.807) is 0 Å². The molecule has 0 saturated carbocycles. The first kappa shape index (κ1) is 12.4. The number of ether oxygens (including phenoxy) is 1. The Morgan fingerprint density at radius 1 is 1.38 bits per heavy atom. The summed E-state index contributed by atoms with van der Waals surface area (Å²) in [5.74, 6) is -0.231. The van der Waals surface area contributed by atoms with Crippen LogP contribution in [0.4, 0.5) is 11.4 Å². The number of carbonyl (C=O) groups excluding carboxylic acids is 1. The number of anilines is 2. The predicted octanol–water partition coefficient (Wildman–Crippen LogP) is 1.66. The molecule has 1 rings (SSSR count). The lowest BCUT2D eigenvalue weighted by molar-refractivity contribution is -0.138. The minimum atomic E-state index is -0.231. The monoisotopic (exact) mass is 222 g/mol.